The first kappa shape index (κ1) is 102. The number of nitrogens with one attached hydrogen (secondary N) is 8. The minimum Gasteiger partial charge on any atom is -0.449 e. The number of likely N-dealkylation sites (N-methyl/N-ethyl adjacent to an activating group) is 2. The number of aryl methyl sites for hydroxylation is 1. The second kappa shape index (κ2) is 51.2. The van der Waals surface area contributed by atoms with Crippen LogP contribution in [0.3, 0.4) is 0 Å². The molecule has 2 heterocycles. The van der Waals surface area contributed by atoms with Crippen molar-refractivity contribution in [2.24, 2.45) is 58.5 Å². The highest BCUT2D eigenvalue weighted by molar-refractivity contribution is 5.98. The molecule has 122 heavy (non-hydrogen) atoms. The topological polar surface area (TPSA) is 445 Å². The fraction of sp³-hybridized carbons (Fsp3) is 0.713. The van der Waals surface area contributed by atoms with Gasteiger partial charge in [-0.2, -0.15) is 0 Å². The number of likely N-dealkylation sites (tertiary alicyclic amines) is 1. The maximum absolute atomic E-state index is 14.9. The van der Waals surface area contributed by atoms with Crippen LogP contribution in [-0.2, 0) is 102 Å². The Labute approximate surface area is 719 Å². The molecule has 35 nitrogen and oxygen atoms in total. The van der Waals surface area contributed by atoms with Gasteiger partial charge in [-0.05, 0) is 128 Å². The number of primary amides is 1. The molecule has 684 valence electrons. The van der Waals surface area contributed by atoms with E-state index in [1.807, 2.05) is 32.0 Å². The number of urea groups is 1. The van der Waals surface area contributed by atoms with Crippen molar-refractivity contribution in [1.29, 1.82) is 0 Å². The summed E-state index contributed by atoms with van der Waals surface area (Å²) in [5.41, 5.74) is 8.74. The van der Waals surface area contributed by atoms with E-state index in [2.05, 4.69) is 73.6 Å². The summed E-state index contributed by atoms with van der Waals surface area (Å²) in [6.45, 7) is 27.8. The molecule has 2 fully saturated rings. The molecule has 0 radical (unpaired) electrons. The lowest BCUT2D eigenvalue weighted by molar-refractivity contribution is -0.148. The first-order chi connectivity index (χ1) is 58.0. The van der Waals surface area contributed by atoms with Gasteiger partial charge in [-0.3, -0.25) is 43.3 Å². The van der Waals surface area contributed by atoms with Crippen molar-refractivity contribution in [1.82, 2.24) is 66.9 Å². The van der Waals surface area contributed by atoms with Gasteiger partial charge in [0, 0.05) is 66.6 Å². The average Bonchev–Trinajstić information content (AvgIpc) is 1.61. The molecule has 1 saturated heterocycles. The predicted octanol–water partition coefficient (Wildman–Crippen LogP) is 5.97. The van der Waals surface area contributed by atoms with E-state index in [4.69, 9.17) is 43.6 Å². The number of alkyl carbamates (subject to hydrolysis) is 1. The Morgan fingerprint density at radius 1 is 0.656 bits per heavy atom. The third-order valence-electron chi connectivity index (χ3n) is 23.0. The Hall–Kier alpha value is -9.13. The molecule has 15 atom stereocenters. The number of carbonyl (C=O) groups is 11. The van der Waals surface area contributed by atoms with E-state index in [9.17, 15) is 57.8 Å². The Bertz CT molecular complexity index is 3790. The summed E-state index contributed by atoms with van der Waals surface area (Å²) < 4.78 is 47.5. The van der Waals surface area contributed by atoms with Crippen LogP contribution in [0.5, 0.6) is 0 Å². The first-order valence-electron chi connectivity index (χ1n) is 43.3. The molecule has 3 aromatic rings. The molecule has 0 unspecified atom stereocenters. The zero-order valence-electron chi connectivity index (χ0n) is 74.9. The number of nitrogens with two attached hydrogens (primary N) is 1. The van der Waals surface area contributed by atoms with Crippen LogP contribution in [0.25, 0.3) is 0 Å². The van der Waals surface area contributed by atoms with Gasteiger partial charge in [-0.15, -0.1) is 5.10 Å². The van der Waals surface area contributed by atoms with E-state index in [1.165, 1.54) is 26.2 Å². The molecule has 35 heteroatoms. The highest BCUT2D eigenvalue weighted by atomic mass is 16.6. The second-order valence-electron chi connectivity index (χ2n) is 34.6. The number of benzene rings is 2. The summed E-state index contributed by atoms with van der Waals surface area (Å²) in [5.74, 6) is -4.32. The number of aliphatic hydroxyl groups is 1. The number of carbonyl (C=O) groups excluding carboxylic acids is 11. The third kappa shape index (κ3) is 32.5. The SMILES string of the molecule is CC[C@H](C)[C@@H]([C@@H](CC(=O)N1CCC[C@H]1[C@H](OC)[C@@H](C)C(=O)N[C@H](C)[C@@H](O)c1ccccc1)OC)N(C)C(=O)[C@@H](NC(=O)[C@H](C(C)C)N(C)C(=O)OCc1ccc(NC(=O)[C@H](CCCNC(N)=O)NC(=O)[C@@H](NC(=O)CCOCCOCCOCCOCCNC(=O)OC[C@@H]2[C@@H]3CCc4nnn(CC(=O)NCC(C)(C)C)c4CC[C@@H]32)C(C)C)cc1)C(C)C. The van der Waals surface area contributed by atoms with Crippen molar-refractivity contribution in [2.45, 2.75) is 234 Å². The van der Waals surface area contributed by atoms with Gasteiger partial charge in [-0.1, -0.05) is 137 Å². The quantitative estimate of drug-likeness (QED) is 0.0291. The van der Waals surface area contributed by atoms with Crippen LogP contribution < -0.4 is 48.3 Å². The standard InChI is InChI=1S/C87H141N15O20/c1-18-56(8)76(69(115-16)48-72(105)101-39-23-27-68(101)78(116-17)57(9)79(107)92-58(10)77(106)60-24-20-19-21-25-60)99(14)83(111)74(54(4)5)96-82(110)75(55(6)7)100(15)86(114)122-50-59-28-30-61(31-29-59)93-80(108)66(26-22-37-89-84(88)112)94-81(109)73(53(2)3)95-70(103)36-40-117-42-44-119-46-47-120-45-43-118-41-38-90-85(113)121-51-64-62-32-34-65-67(35-33-63(62)64)102(98-97-65)49-71(104)91-52-87(11,12)13/h19-21,24-25,28-31,53-58,62-64,66,68-69,73-78,106H,18,22-23,26-27,32-52H2,1-17H3,(H,90,113)(H,91,104)(H,92,107)(H,93,108)(H,94,109)(H,95,103)(H,96,110)(H3,88,89,112)/t56-,57+,58+,62+,63-,64+,66-,68-,69+,73-,74-,75-,76-,77+,78+/m0/s1. The van der Waals surface area contributed by atoms with Crippen molar-refractivity contribution in [2.75, 3.05) is 119 Å². The minimum atomic E-state index is -1.13. The maximum Gasteiger partial charge on any atom is 0.410 e. The molecular formula is C87H141N15O20. The monoisotopic (exact) mass is 1720 g/mol. The molecule has 1 saturated carbocycles. The number of methoxy groups -OCH3 is 2. The van der Waals surface area contributed by atoms with Crippen molar-refractivity contribution in [3.8, 4) is 0 Å². The number of fused-ring (bicyclic) bond motifs is 2. The predicted molar refractivity (Wildman–Crippen MR) is 456 cm³/mol. The number of aliphatic hydroxyl groups excluding tert-OH is 1. The highest BCUT2D eigenvalue weighted by Crippen LogP contribution is 2.53. The Balaban J connectivity index is 0.880. The fourth-order valence-corrected chi connectivity index (χ4v) is 15.8. The van der Waals surface area contributed by atoms with Crippen LogP contribution in [0.1, 0.15) is 176 Å². The number of ether oxygens (including phenoxy) is 8. The van der Waals surface area contributed by atoms with E-state index in [1.54, 1.807) is 113 Å². The molecule has 2 aliphatic carbocycles. The van der Waals surface area contributed by atoms with E-state index >= 15 is 0 Å². The van der Waals surface area contributed by atoms with E-state index in [0.29, 0.717) is 93.3 Å². The summed E-state index contributed by atoms with van der Waals surface area (Å²) in [7, 11) is 6.08. The van der Waals surface area contributed by atoms with Crippen molar-refractivity contribution in [3.05, 3.63) is 77.1 Å². The molecular weight excluding hydrogens is 1580 g/mol. The number of aromatic nitrogens is 3. The van der Waals surface area contributed by atoms with E-state index < -0.39 is 132 Å². The zero-order valence-corrected chi connectivity index (χ0v) is 74.9. The van der Waals surface area contributed by atoms with Gasteiger partial charge in [-0.25, -0.2) is 19.1 Å². The Morgan fingerprint density at radius 3 is 1.89 bits per heavy atom. The molecule has 1 aromatic heterocycles. The molecule has 3 aliphatic rings. The lowest BCUT2D eigenvalue weighted by atomic mass is 9.89. The van der Waals surface area contributed by atoms with Gasteiger partial charge in [0.15, 0.2) is 0 Å². The number of amides is 12. The summed E-state index contributed by atoms with van der Waals surface area (Å²) in [4.78, 5) is 154. The van der Waals surface area contributed by atoms with Crippen LogP contribution in [0.2, 0.25) is 0 Å². The summed E-state index contributed by atoms with van der Waals surface area (Å²) in [6, 6.07) is 8.65. The molecule has 11 N–H and O–H groups in total. The van der Waals surface area contributed by atoms with Crippen LogP contribution in [0.15, 0.2) is 54.6 Å². The van der Waals surface area contributed by atoms with Crippen molar-refractivity contribution < 1.29 is 95.7 Å². The summed E-state index contributed by atoms with van der Waals surface area (Å²) in [5, 5.41) is 42.1. The van der Waals surface area contributed by atoms with Gasteiger partial charge in [0.2, 0.25) is 47.3 Å². The Morgan fingerprint density at radius 2 is 1.29 bits per heavy atom. The number of hydrogen-bond acceptors (Lipinski definition) is 22. The third-order valence-corrected chi connectivity index (χ3v) is 23.0. The highest BCUT2D eigenvalue weighted by Gasteiger charge is 2.51. The Kier molecular flexibility index (Phi) is 42.7. The van der Waals surface area contributed by atoms with Crippen LogP contribution >= 0.6 is 0 Å². The average molecular weight is 1720 g/mol. The number of rotatable bonds is 52. The maximum atomic E-state index is 14.9. The normalized spacial score (nSPS) is 18.4. The lowest BCUT2D eigenvalue weighted by Crippen LogP contribution is -2.60. The number of hydrogen-bond donors (Lipinski definition) is 10. The molecule has 0 bridgehead atoms. The number of anilines is 1. The minimum absolute atomic E-state index is 0.0192. The molecule has 12 amide bonds. The van der Waals surface area contributed by atoms with Crippen LogP contribution in [0.4, 0.5) is 20.1 Å². The van der Waals surface area contributed by atoms with Crippen molar-refractivity contribution in [3.63, 3.8) is 0 Å². The number of nitrogens with zero attached hydrogens (tertiary/aromatic N) is 6. The van der Waals surface area contributed by atoms with Crippen LogP contribution in [0, 0.1) is 52.8 Å². The van der Waals surface area contributed by atoms with Gasteiger partial charge in [0.25, 0.3) is 0 Å². The van der Waals surface area contributed by atoms with Gasteiger partial charge >= 0.3 is 18.2 Å². The van der Waals surface area contributed by atoms with Crippen molar-refractivity contribution >= 4 is 71.2 Å². The second-order valence-corrected chi connectivity index (χ2v) is 34.6. The molecule has 1 aliphatic heterocycles. The van der Waals surface area contributed by atoms with Gasteiger partial charge < -0.3 is 101 Å². The smallest absolute Gasteiger partial charge is 0.410 e. The van der Waals surface area contributed by atoms with Gasteiger partial charge in [0.05, 0.1) is 120 Å². The molecule has 0 spiro atoms. The first-order valence-corrected chi connectivity index (χ1v) is 43.3. The summed E-state index contributed by atoms with van der Waals surface area (Å²) >= 11 is 0. The van der Waals surface area contributed by atoms with E-state index in [0.717, 1.165) is 37.1 Å². The van der Waals surface area contributed by atoms with Gasteiger partial charge in [0.1, 0.15) is 37.3 Å². The fourth-order valence-electron chi connectivity index (χ4n) is 15.8. The molecule has 6 rings (SSSR count). The molecule has 2 aromatic carbocycles. The zero-order chi connectivity index (χ0) is 89.9. The largest absolute Gasteiger partial charge is 0.449 e. The summed E-state index contributed by atoms with van der Waals surface area (Å²) in [6.07, 6.45) is 1.70. The lowest BCUT2D eigenvalue weighted by Gasteiger charge is -2.41. The van der Waals surface area contributed by atoms with Crippen LogP contribution in [-0.4, -0.2) is 269 Å². The van der Waals surface area contributed by atoms with E-state index in [-0.39, 0.29) is 114 Å².